The van der Waals surface area contributed by atoms with Crippen molar-refractivity contribution in [2.45, 2.75) is 33.4 Å². The van der Waals surface area contributed by atoms with Gasteiger partial charge in [0.25, 0.3) is 5.91 Å². The molecule has 2 aromatic heterocycles. The van der Waals surface area contributed by atoms with E-state index < -0.39 is 0 Å². The number of carbonyl (C=O) groups excluding carboxylic acids is 1. The second-order valence-electron chi connectivity index (χ2n) is 6.51. The van der Waals surface area contributed by atoms with E-state index in [9.17, 15) is 9.18 Å². The minimum absolute atomic E-state index is 0.145. The molecule has 25 heavy (non-hydrogen) atoms. The number of halogens is 1. The van der Waals surface area contributed by atoms with Crippen LogP contribution in [0, 0.1) is 12.7 Å². The third kappa shape index (κ3) is 3.38. The Morgan fingerprint density at radius 2 is 2.08 bits per heavy atom. The van der Waals surface area contributed by atoms with Gasteiger partial charge in [0, 0.05) is 25.0 Å². The van der Waals surface area contributed by atoms with Gasteiger partial charge in [-0.1, -0.05) is 12.1 Å². The summed E-state index contributed by atoms with van der Waals surface area (Å²) in [7, 11) is 1.70. The quantitative estimate of drug-likeness (QED) is 0.727. The van der Waals surface area contributed by atoms with Crippen LogP contribution in [0.5, 0.6) is 0 Å². The third-order valence-electron chi connectivity index (χ3n) is 4.13. The second-order valence-corrected chi connectivity index (χ2v) is 6.51. The molecule has 1 amide bonds. The normalized spacial score (nSPS) is 11.3. The molecular formula is C19H21FN4O. The van der Waals surface area contributed by atoms with Gasteiger partial charge in [0.15, 0.2) is 5.65 Å². The molecule has 0 atom stereocenters. The first kappa shape index (κ1) is 17.1. The summed E-state index contributed by atoms with van der Waals surface area (Å²) in [5.41, 5.74) is 2.72. The topological polar surface area (TPSA) is 51.0 Å². The van der Waals surface area contributed by atoms with Crippen molar-refractivity contribution in [3.8, 4) is 0 Å². The molecule has 0 spiro atoms. The number of aromatic nitrogens is 3. The van der Waals surface area contributed by atoms with Crippen LogP contribution in [-0.2, 0) is 6.54 Å². The van der Waals surface area contributed by atoms with Crippen molar-refractivity contribution in [3.63, 3.8) is 0 Å². The molecule has 0 unspecified atom stereocenters. The van der Waals surface area contributed by atoms with Gasteiger partial charge in [-0.15, -0.1) is 0 Å². The zero-order valence-electron chi connectivity index (χ0n) is 14.8. The van der Waals surface area contributed by atoms with Gasteiger partial charge in [-0.3, -0.25) is 4.79 Å². The summed E-state index contributed by atoms with van der Waals surface area (Å²) < 4.78 is 15.2. The molecular weight excluding hydrogens is 319 g/mol. The largest absolute Gasteiger partial charge is 0.337 e. The lowest BCUT2D eigenvalue weighted by Crippen LogP contribution is -2.27. The molecule has 3 aromatic rings. The molecule has 1 aromatic carbocycles. The summed E-state index contributed by atoms with van der Waals surface area (Å²) in [5.74, 6) is -0.452. The standard InChI is InChI=1S/C19H21FN4O/c1-12(2)24-18-15(10-21-24)9-17(13(3)22-18)19(25)23(4)11-14-6-5-7-16(20)8-14/h5-10,12H,11H2,1-4H3. The minimum atomic E-state index is -0.307. The van der Waals surface area contributed by atoms with Crippen LogP contribution in [0.2, 0.25) is 0 Å². The van der Waals surface area contributed by atoms with E-state index in [1.54, 1.807) is 30.3 Å². The number of pyridine rings is 1. The van der Waals surface area contributed by atoms with Gasteiger partial charge < -0.3 is 4.90 Å². The van der Waals surface area contributed by atoms with Crippen LogP contribution in [0.4, 0.5) is 4.39 Å². The number of nitrogens with zero attached hydrogens (tertiary/aromatic N) is 4. The van der Waals surface area contributed by atoms with E-state index in [0.29, 0.717) is 17.8 Å². The van der Waals surface area contributed by atoms with Crippen LogP contribution in [0.25, 0.3) is 11.0 Å². The van der Waals surface area contributed by atoms with Gasteiger partial charge in [-0.05, 0) is 44.5 Å². The summed E-state index contributed by atoms with van der Waals surface area (Å²) >= 11 is 0. The van der Waals surface area contributed by atoms with Crippen molar-refractivity contribution in [2.75, 3.05) is 7.05 Å². The van der Waals surface area contributed by atoms with Crippen LogP contribution >= 0.6 is 0 Å². The molecule has 0 bridgehead atoms. The van der Waals surface area contributed by atoms with Crippen LogP contribution in [0.3, 0.4) is 0 Å². The number of hydrogen-bond acceptors (Lipinski definition) is 3. The predicted octanol–water partition coefficient (Wildman–Crippen LogP) is 3.73. The van der Waals surface area contributed by atoms with Crippen molar-refractivity contribution in [3.05, 3.63) is 59.2 Å². The van der Waals surface area contributed by atoms with E-state index in [1.165, 1.54) is 12.1 Å². The SMILES string of the molecule is Cc1nc2c(cnn2C(C)C)cc1C(=O)N(C)Cc1cccc(F)c1. The lowest BCUT2D eigenvalue weighted by molar-refractivity contribution is 0.0784. The fourth-order valence-corrected chi connectivity index (χ4v) is 2.85. The number of fused-ring (bicyclic) bond motifs is 1. The van der Waals surface area contributed by atoms with E-state index in [-0.39, 0.29) is 17.8 Å². The zero-order valence-corrected chi connectivity index (χ0v) is 14.8. The molecule has 0 aliphatic carbocycles. The van der Waals surface area contributed by atoms with Crippen molar-refractivity contribution in [1.29, 1.82) is 0 Å². The summed E-state index contributed by atoms with van der Waals surface area (Å²) in [6.45, 7) is 6.23. The van der Waals surface area contributed by atoms with Crippen LogP contribution < -0.4 is 0 Å². The Morgan fingerprint density at radius 1 is 1.32 bits per heavy atom. The highest BCUT2D eigenvalue weighted by Gasteiger charge is 2.18. The van der Waals surface area contributed by atoms with Crippen LogP contribution in [0.1, 0.15) is 41.5 Å². The average molecular weight is 340 g/mol. The molecule has 0 saturated heterocycles. The molecule has 0 aliphatic rings. The minimum Gasteiger partial charge on any atom is -0.337 e. The second kappa shape index (κ2) is 6.63. The molecule has 5 nitrogen and oxygen atoms in total. The van der Waals surface area contributed by atoms with E-state index in [2.05, 4.69) is 10.1 Å². The molecule has 0 saturated carbocycles. The summed E-state index contributed by atoms with van der Waals surface area (Å²) in [4.78, 5) is 18.9. The Kier molecular flexibility index (Phi) is 4.53. The molecule has 3 rings (SSSR count). The average Bonchev–Trinajstić information content (AvgIpc) is 2.96. The molecule has 6 heteroatoms. The monoisotopic (exact) mass is 340 g/mol. The summed E-state index contributed by atoms with van der Waals surface area (Å²) in [5, 5.41) is 5.18. The van der Waals surface area contributed by atoms with Crippen molar-refractivity contribution in [2.24, 2.45) is 0 Å². The first-order chi connectivity index (χ1) is 11.9. The molecule has 130 valence electrons. The Bertz CT molecular complexity index is 932. The molecule has 0 N–H and O–H groups in total. The van der Waals surface area contributed by atoms with Crippen LogP contribution in [0.15, 0.2) is 36.5 Å². The van der Waals surface area contributed by atoms with Gasteiger partial charge >= 0.3 is 0 Å². The van der Waals surface area contributed by atoms with Gasteiger partial charge in [0.2, 0.25) is 0 Å². The lowest BCUT2D eigenvalue weighted by Gasteiger charge is -2.18. The smallest absolute Gasteiger partial charge is 0.255 e. The highest BCUT2D eigenvalue weighted by molar-refractivity contribution is 5.98. The number of aryl methyl sites for hydroxylation is 1. The maximum atomic E-state index is 13.3. The van der Waals surface area contributed by atoms with Gasteiger partial charge in [0.05, 0.1) is 17.5 Å². The molecule has 0 aliphatic heterocycles. The third-order valence-corrected chi connectivity index (χ3v) is 4.13. The maximum Gasteiger partial charge on any atom is 0.255 e. The Labute approximate surface area is 146 Å². The van der Waals surface area contributed by atoms with Crippen molar-refractivity contribution >= 4 is 16.9 Å². The summed E-state index contributed by atoms with van der Waals surface area (Å²) in [6, 6.07) is 8.29. The summed E-state index contributed by atoms with van der Waals surface area (Å²) in [6.07, 6.45) is 1.73. The molecule has 2 heterocycles. The lowest BCUT2D eigenvalue weighted by atomic mass is 10.1. The number of carbonyl (C=O) groups is 1. The first-order valence-corrected chi connectivity index (χ1v) is 8.21. The van der Waals surface area contributed by atoms with Crippen molar-refractivity contribution in [1.82, 2.24) is 19.7 Å². The molecule has 0 fully saturated rings. The first-order valence-electron chi connectivity index (χ1n) is 8.21. The van der Waals surface area contributed by atoms with Crippen LogP contribution in [-0.4, -0.2) is 32.6 Å². The van der Waals surface area contributed by atoms with Crippen molar-refractivity contribution < 1.29 is 9.18 Å². The van der Waals surface area contributed by atoms with E-state index in [4.69, 9.17) is 0 Å². The number of rotatable bonds is 4. The maximum absolute atomic E-state index is 13.3. The number of benzene rings is 1. The van der Waals surface area contributed by atoms with Gasteiger partial charge in [-0.2, -0.15) is 5.10 Å². The van der Waals surface area contributed by atoms with Gasteiger partial charge in [-0.25, -0.2) is 14.1 Å². The zero-order chi connectivity index (χ0) is 18.1. The van der Waals surface area contributed by atoms with E-state index >= 15 is 0 Å². The highest BCUT2D eigenvalue weighted by atomic mass is 19.1. The van der Waals surface area contributed by atoms with E-state index in [1.807, 2.05) is 31.5 Å². The Morgan fingerprint density at radius 3 is 2.76 bits per heavy atom. The fourth-order valence-electron chi connectivity index (χ4n) is 2.85. The Hall–Kier alpha value is -2.76. The number of hydrogen-bond donors (Lipinski definition) is 0. The van der Waals surface area contributed by atoms with Gasteiger partial charge in [0.1, 0.15) is 5.82 Å². The number of amides is 1. The highest BCUT2D eigenvalue weighted by Crippen LogP contribution is 2.20. The van der Waals surface area contributed by atoms with E-state index in [0.717, 1.165) is 16.6 Å². The molecule has 0 radical (unpaired) electrons. The fraction of sp³-hybridized carbons (Fsp3) is 0.316. The predicted molar refractivity (Wildman–Crippen MR) is 94.8 cm³/mol. The Balaban J connectivity index is 1.90.